The predicted molar refractivity (Wildman–Crippen MR) is 80.5 cm³/mol. The average molecular weight is 294 g/mol. The van der Waals surface area contributed by atoms with Crippen LogP contribution < -0.4 is 10.2 Å². The molecule has 0 atom stereocenters. The fraction of sp³-hybridized carbons (Fsp3) is 0.467. The zero-order valence-electron chi connectivity index (χ0n) is 12.6. The summed E-state index contributed by atoms with van der Waals surface area (Å²) >= 11 is 0. The van der Waals surface area contributed by atoms with Crippen molar-refractivity contribution in [2.45, 2.75) is 25.9 Å². The van der Waals surface area contributed by atoms with E-state index in [1.54, 1.807) is 31.4 Å². The molecule has 0 aromatic heterocycles. The van der Waals surface area contributed by atoms with E-state index in [4.69, 9.17) is 9.84 Å². The fourth-order valence-electron chi connectivity index (χ4n) is 1.62. The largest absolute Gasteiger partial charge is 0.481 e. The van der Waals surface area contributed by atoms with Gasteiger partial charge >= 0.3 is 12.0 Å². The lowest BCUT2D eigenvalue weighted by Gasteiger charge is -2.27. The van der Waals surface area contributed by atoms with Crippen LogP contribution >= 0.6 is 0 Å². The minimum Gasteiger partial charge on any atom is -0.481 e. The Morgan fingerprint density at radius 2 is 1.90 bits per heavy atom. The molecule has 2 N–H and O–H groups in total. The fourth-order valence-corrected chi connectivity index (χ4v) is 1.62. The second kappa shape index (κ2) is 7.64. The lowest BCUT2D eigenvalue weighted by molar-refractivity contribution is -0.136. The molecule has 0 radical (unpaired) electrons. The molecule has 0 aliphatic rings. The molecule has 0 saturated heterocycles. The van der Waals surface area contributed by atoms with Crippen molar-refractivity contribution < 1.29 is 19.4 Å². The minimum atomic E-state index is -0.944. The Labute approximate surface area is 124 Å². The maximum Gasteiger partial charge on any atom is 0.321 e. The second-order valence-electron chi connectivity index (χ2n) is 5.25. The van der Waals surface area contributed by atoms with Gasteiger partial charge in [-0.05, 0) is 26.0 Å². The lowest BCUT2D eigenvalue weighted by Crippen LogP contribution is -2.47. The zero-order valence-corrected chi connectivity index (χ0v) is 12.6. The number of amides is 2. The third kappa shape index (κ3) is 5.83. The van der Waals surface area contributed by atoms with Gasteiger partial charge < -0.3 is 15.2 Å². The van der Waals surface area contributed by atoms with Crippen molar-refractivity contribution in [3.63, 3.8) is 0 Å². The number of carboxylic acid groups (broad SMARTS) is 1. The summed E-state index contributed by atoms with van der Waals surface area (Å²) in [7, 11) is 1.57. The average Bonchev–Trinajstić information content (AvgIpc) is 2.46. The Morgan fingerprint density at radius 3 is 2.43 bits per heavy atom. The number of carbonyl (C=O) groups is 2. The molecule has 0 spiro atoms. The smallest absolute Gasteiger partial charge is 0.321 e. The van der Waals surface area contributed by atoms with Gasteiger partial charge in [0.05, 0.1) is 12.0 Å². The molecule has 0 bridgehead atoms. The molecule has 6 nitrogen and oxygen atoms in total. The van der Waals surface area contributed by atoms with Crippen LogP contribution in [0, 0.1) is 0 Å². The topological polar surface area (TPSA) is 78.9 Å². The quantitative estimate of drug-likeness (QED) is 0.807. The number of para-hydroxylation sites is 1. The number of hydrogen-bond acceptors (Lipinski definition) is 3. The first kappa shape index (κ1) is 17.0. The van der Waals surface area contributed by atoms with Crippen LogP contribution in [0.4, 0.5) is 10.5 Å². The first-order valence-electron chi connectivity index (χ1n) is 6.73. The molecular weight excluding hydrogens is 272 g/mol. The molecule has 2 amide bonds. The van der Waals surface area contributed by atoms with Crippen LogP contribution in [0.3, 0.4) is 0 Å². The standard InChI is InChI=1S/C15H22N2O4/c1-15(2,21-3)11-16-14(20)17(10-9-13(18)19)12-7-5-4-6-8-12/h4-8H,9-11H2,1-3H3,(H,16,20)(H,18,19). The maximum absolute atomic E-state index is 12.3. The van der Waals surface area contributed by atoms with Gasteiger partial charge in [0.1, 0.15) is 0 Å². The minimum absolute atomic E-state index is 0.110. The Kier molecular flexibility index (Phi) is 6.17. The summed E-state index contributed by atoms with van der Waals surface area (Å²) in [6, 6.07) is 8.63. The summed E-state index contributed by atoms with van der Waals surface area (Å²) in [6.07, 6.45) is -0.115. The van der Waals surface area contributed by atoms with Crippen molar-refractivity contribution in [3.8, 4) is 0 Å². The number of urea groups is 1. The van der Waals surface area contributed by atoms with Crippen LogP contribution in [0.5, 0.6) is 0 Å². The van der Waals surface area contributed by atoms with Crippen LogP contribution in [-0.4, -0.2) is 42.9 Å². The van der Waals surface area contributed by atoms with Crippen LogP contribution in [0.25, 0.3) is 0 Å². The van der Waals surface area contributed by atoms with E-state index in [-0.39, 0.29) is 19.0 Å². The lowest BCUT2D eigenvalue weighted by atomic mass is 10.1. The molecular formula is C15H22N2O4. The molecule has 1 aromatic carbocycles. The first-order chi connectivity index (χ1) is 9.85. The molecule has 0 saturated carbocycles. The van der Waals surface area contributed by atoms with Crippen LogP contribution in [-0.2, 0) is 9.53 Å². The van der Waals surface area contributed by atoms with Gasteiger partial charge in [0, 0.05) is 25.9 Å². The molecule has 0 aliphatic heterocycles. The molecule has 1 aromatic rings. The molecule has 0 aliphatic carbocycles. The summed E-state index contributed by atoms with van der Waals surface area (Å²) in [5.41, 5.74) is 0.177. The predicted octanol–water partition coefficient (Wildman–Crippen LogP) is 2.10. The number of nitrogens with zero attached hydrogens (tertiary/aromatic N) is 1. The van der Waals surface area contributed by atoms with E-state index in [0.29, 0.717) is 12.2 Å². The Morgan fingerprint density at radius 1 is 1.29 bits per heavy atom. The van der Waals surface area contributed by atoms with Crippen LogP contribution in [0.1, 0.15) is 20.3 Å². The van der Waals surface area contributed by atoms with Crippen LogP contribution in [0.15, 0.2) is 30.3 Å². The number of hydrogen-bond donors (Lipinski definition) is 2. The number of anilines is 1. The van der Waals surface area contributed by atoms with E-state index in [9.17, 15) is 9.59 Å². The van der Waals surface area contributed by atoms with Crippen molar-refractivity contribution in [1.29, 1.82) is 0 Å². The van der Waals surface area contributed by atoms with Gasteiger partial charge in [0.15, 0.2) is 0 Å². The molecule has 1 rings (SSSR count). The molecule has 0 unspecified atom stereocenters. The third-order valence-electron chi connectivity index (χ3n) is 3.08. The number of carbonyl (C=O) groups excluding carboxylic acids is 1. The number of rotatable bonds is 7. The summed E-state index contributed by atoms with van der Waals surface area (Å²) in [6.45, 7) is 4.16. The SMILES string of the molecule is COC(C)(C)CNC(=O)N(CCC(=O)O)c1ccccc1. The maximum atomic E-state index is 12.3. The zero-order chi connectivity index (χ0) is 15.9. The molecule has 116 valence electrons. The van der Waals surface area contributed by atoms with Crippen molar-refractivity contribution in [3.05, 3.63) is 30.3 Å². The van der Waals surface area contributed by atoms with Gasteiger partial charge in [-0.25, -0.2) is 4.79 Å². The van der Waals surface area contributed by atoms with Gasteiger partial charge in [-0.15, -0.1) is 0 Å². The molecule has 6 heteroatoms. The van der Waals surface area contributed by atoms with E-state index in [1.807, 2.05) is 19.9 Å². The van der Waals surface area contributed by atoms with E-state index in [2.05, 4.69) is 5.32 Å². The highest BCUT2D eigenvalue weighted by Crippen LogP contribution is 2.14. The third-order valence-corrected chi connectivity index (χ3v) is 3.08. The van der Waals surface area contributed by atoms with E-state index < -0.39 is 11.6 Å². The van der Waals surface area contributed by atoms with Gasteiger partial charge in [0.2, 0.25) is 0 Å². The van der Waals surface area contributed by atoms with Gasteiger partial charge in [-0.2, -0.15) is 0 Å². The highest BCUT2D eigenvalue weighted by atomic mass is 16.5. The first-order valence-corrected chi connectivity index (χ1v) is 6.73. The van der Waals surface area contributed by atoms with Crippen LogP contribution in [0.2, 0.25) is 0 Å². The number of aliphatic carboxylic acids is 1. The van der Waals surface area contributed by atoms with E-state index in [1.165, 1.54) is 4.90 Å². The van der Waals surface area contributed by atoms with Crippen molar-refractivity contribution in [2.24, 2.45) is 0 Å². The number of carboxylic acids is 1. The van der Waals surface area contributed by atoms with Gasteiger partial charge in [0.25, 0.3) is 0 Å². The highest BCUT2D eigenvalue weighted by Gasteiger charge is 2.21. The summed E-state index contributed by atoms with van der Waals surface area (Å²) in [4.78, 5) is 24.4. The molecule has 21 heavy (non-hydrogen) atoms. The van der Waals surface area contributed by atoms with Crippen molar-refractivity contribution >= 4 is 17.7 Å². The Hall–Kier alpha value is -2.08. The van der Waals surface area contributed by atoms with E-state index >= 15 is 0 Å². The van der Waals surface area contributed by atoms with Crippen molar-refractivity contribution in [1.82, 2.24) is 5.32 Å². The molecule has 0 fully saturated rings. The monoisotopic (exact) mass is 294 g/mol. The summed E-state index contributed by atoms with van der Waals surface area (Å²) in [5, 5.41) is 11.6. The van der Waals surface area contributed by atoms with E-state index in [0.717, 1.165) is 0 Å². The Bertz CT molecular complexity index is 474. The molecule has 0 heterocycles. The number of methoxy groups -OCH3 is 1. The number of benzene rings is 1. The number of nitrogens with one attached hydrogen (secondary N) is 1. The number of ether oxygens (including phenoxy) is 1. The summed E-state index contributed by atoms with van der Waals surface area (Å²) < 4.78 is 5.24. The van der Waals surface area contributed by atoms with Gasteiger partial charge in [-0.3, -0.25) is 9.69 Å². The normalized spacial score (nSPS) is 11.0. The second-order valence-corrected chi connectivity index (χ2v) is 5.25. The van der Waals surface area contributed by atoms with Gasteiger partial charge in [-0.1, -0.05) is 18.2 Å². The van der Waals surface area contributed by atoms with Crippen molar-refractivity contribution in [2.75, 3.05) is 25.1 Å². The summed E-state index contributed by atoms with van der Waals surface area (Å²) in [5.74, 6) is -0.944. The highest BCUT2D eigenvalue weighted by molar-refractivity contribution is 5.92. The Balaban J connectivity index is 2.76.